The molecule has 0 amide bonds. The minimum atomic E-state index is -1.52. The third-order valence-electron chi connectivity index (χ3n) is 2.39. The van der Waals surface area contributed by atoms with Crippen LogP contribution in [-0.2, 0) is 0 Å². The van der Waals surface area contributed by atoms with Crippen molar-refractivity contribution >= 4 is 5.78 Å². The molecule has 0 saturated heterocycles. The van der Waals surface area contributed by atoms with Gasteiger partial charge in [-0.05, 0) is 13.0 Å². The van der Waals surface area contributed by atoms with Crippen molar-refractivity contribution in [2.24, 2.45) is 0 Å². The lowest BCUT2D eigenvalue weighted by molar-refractivity contribution is 0.0194. The quantitative estimate of drug-likeness (QED) is 0.774. The van der Waals surface area contributed by atoms with Crippen LogP contribution in [0.3, 0.4) is 0 Å². The van der Waals surface area contributed by atoms with Crippen molar-refractivity contribution in [2.75, 3.05) is 0 Å². The number of aliphatic hydroxyl groups excluding tert-OH is 2. The van der Waals surface area contributed by atoms with E-state index < -0.39 is 23.8 Å². The van der Waals surface area contributed by atoms with E-state index in [1.807, 2.05) is 0 Å². The summed E-state index contributed by atoms with van der Waals surface area (Å²) in [4.78, 5) is 11.1. The van der Waals surface area contributed by atoms with Gasteiger partial charge in [-0.1, -0.05) is 12.1 Å². The molecule has 2 atom stereocenters. The van der Waals surface area contributed by atoms with Gasteiger partial charge in [0.25, 0.3) is 0 Å². The number of carbonyl (C=O) groups is 1. The van der Waals surface area contributed by atoms with Gasteiger partial charge >= 0.3 is 0 Å². The first kappa shape index (κ1) is 13.3. The SMILES string of the molecule is CC(=O)c1cccc(C(O)C(O)CC#N)c1F. The first-order valence-corrected chi connectivity index (χ1v) is 5.01. The van der Waals surface area contributed by atoms with Crippen molar-refractivity contribution in [3.8, 4) is 6.07 Å². The molecule has 0 spiro atoms. The normalized spacial score (nSPS) is 13.8. The molecule has 5 heteroatoms. The smallest absolute Gasteiger partial charge is 0.162 e. The Morgan fingerprint density at radius 3 is 2.71 bits per heavy atom. The Balaban J connectivity index is 3.11. The van der Waals surface area contributed by atoms with Crippen LogP contribution in [0.25, 0.3) is 0 Å². The van der Waals surface area contributed by atoms with E-state index in [1.54, 1.807) is 6.07 Å². The van der Waals surface area contributed by atoms with Crippen molar-refractivity contribution in [2.45, 2.75) is 25.6 Å². The lowest BCUT2D eigenvalue weighted by atomic mass is 9.98. The van der Waals surface area contributed by atoms with Gasteiger partial charge in [-0.25, -0.2) is 4.39 Å². The van der Waals surface area contributed by atoms with Crippen molar-refractivity contribution in [1.29, 1.82) is 5.26 Å². The van der Waals surface area contributed by atoms with Gasteiger partial charge in [-0.3, -0.25) is 4.79 Å². The maximum Gasteiger partial charge on any atom is 0.162 e. The summed E-state index contributed by atoms with van der Waals surface area (Å²) in [7, 11) is 0. The molecule has 0 aliphatic heterocycles. The number of rotatable bonds is 4. The second kappa shape index (κ2) is 5.53. The van der Waals surface area contributed by atoms with E-state index in [1.165, 1.54) is 25.1 Å². The molecule has 2 N–H and O–H groups in total. The Hall–Kier alpha value is -1.77. The van der Waals surface area contributed by atoms with Gasteiger partial charge in [0.05, 0.1) is 24.2 Å². The van der Waals surface area contributed by atoms with Gasteiger partial charge in [0.2, 0.25) is 0 Å². The largest absolute Gasteiger partial charge is 0.389 e. The molecule has 1 rings (SSSR count). The molecule has 0 heterocycles. The summed E-state index contributed by atoms with van der Waals surface area (Å²) in [6.45, 7) is 1.21. The highest BCUT2D eigenvalue weighted by Gasteiger charge is 2.23. The summed E-state index contributed by atoms with van der Waals surface area (Å²) in [5.74, 6) is -1.32. The highest BCUT2D eigenvalue weighted by Crippen LogP contribution is 2.24. The van der Waals surface area contributed by atoms with Crippen LogP contribution in [0.15, 0.2) is 18.2 Å². The second-order valence-electron chi connectivity index (χ2n) is 3.64. The molecular formula is C12H12FNO3. The molecule has 0 aliphatic carbocycles. The molecular weight excluding hydrogens is 225 g/mol. The lowest BCUT2D eigenvalue weighted by Gasteiger charge is -2.17. The number of ketones is 1. The molecule has 17 heavy (non-hydrogen) atoms. The second-order valence-corrected chi connectivity index (χ2v) is 3.64. The number of hydrogen-bond acceptors (Lipinski definition) is 4. The molecule has 0 aliphatic rings. The van der Waals surface area contributed by atoms with E-state index in [9.17, 15) is 19.4 Å². The van der Waals surface area contributed by atoms with Crippen LogP contribution < -0.4 is 0 Å². The van der Waals surface area contributed by atoms with E-state index in [0.717, 1.165) is 0 Å². The summed E-state index contributed by atoms with van der Waals surface area (Å²) < 4.78 is 13.8. The van der Waals surface area contributed by atoms with Crippen LogP contribution in [0.2, 0.25) is 0 Å². The number of hydrogen-bond donors (Lipinski definition) is 2. The fraction of sp³-hybridized carbons (Fsp3) is 0.333. The molecule has 0 saturated carbocycles. The fourth-order valence-corrected chi connectivity index (χ4v) is 1.46. The summed E-state index contributed by atoms with van der Waals surface area (Å²) in [6.07, 6.45) is -3.21. The summed E-state index contributed by atoms with van der Waals surface area (Å²) >= 11 is 0. The maximum absolute atomic E-state index is 13.8. The van der Waals surface area contributed by atoms with Crippen molar-refractivity contribution in [3.63, 3.8) is 0 Å². The third kappa shape index (κ3) is 2.87. The molecule has 1 aromatic rings. The van der Waals surface area contributed by atoms with Crippen LogP contribution in [0, 0.1) is 17.1 Å². The Kier molecular flexibility index (Phi) is 4.32. The number of carbonyl (C=O) groups excluding carboxylic acids is 1. The van der Waals surface area contributed by atoms with Crippen LogP contribution in [-0.4, -0.2) is 22.1 Å². The fourth-order valence-electron chi connectivity index (χ4n) is 1.46. The molecule has 0 aromatic heterocycles. The third-order valence-corrected chi connectivity index (χ3v) is 2.39. The highest BCUT2D eigenvalue weighted by molar-refractivity contribution is 5.94. The monoisotopic (exact) mass is 237 g/mol. The first-order chi connectivity index (χ1) is 7.99. The first-order valence-electron chi connectivity index (χ1n) is 5.01. The number of nitriles is 1. The summed E-state index contributed by atoms with van der Waals surface area (Å²) in [6, 6.07) is 5.66. The van der Waals surface area contributed by atoms with E-state index >= 15 is 0 Å². The Bertz CT molecular complexity index is 467. The summed E-state index contributed by atoms with van der Waals surface area (Å²) in [5.41, 5.74) is -0.328. The van der Waals surface area contributed by atoms with E-state index in [4.69, 9.17) is 5.26 Å². The minimum absolute atomic E-state index is 0.147. The average Bonchev–Trinajstić information content (AvgIpc) is 2.28. The lowest BCUT2D eigenvalue weighted by Crippen LogP contribution is -2.19. The Morgan fingerprint density at radius 1 is 1.53 bits per heavy atom. The predicted molar refractivity (Wildman–Crippen MR) is 57.6 cm³/mol. The number of Topliss-reactive ketones (excluding diaryl/α,β-unsaturated/α-hetero) is 1. The van der Waals surface area contributed by atoms with Crippen LogP contribution >= 0.6 is 0 Å². The van der Waals surface area contributed by atoms with Crippen LogP contribution in [0.4, 0.5) is 4.39 Å². The van der Waals surface area contributed by atoms with Gasteiger partial charge in [0, 0.05) is 5.56 Å². The topological polar surface area (TPSA) is 81.3 Å². The maximum atomic E-state index is 13.8. The molecule has 90 valence electrons. The van der Waals surface area contributed by atoms with Gasteiger partial charge in [-0.2, -0.15) is 5.26 Å². The van der Waals surface area contributed by atoms with Gasteiger partial charge < -0.3 is 10.2 Å². The van der Waals surface area contributed by atoms with Crippen LogP contribution in [0.5, 0.6) is 0 Å². The zero-order valence-corrected chi connectivity index (χ0v) is 9.22. The number of nitrogens with zero attached hydrogens (tertiary/aromatic N) is 1. The van der Waals surface area contributed by atoms with Gasteiger partial charge in [0.15, 0.2) is 5.78 Å². The highest BCUT2D eigenvalue weighted by atomic mass is 19.1. The molecule has 0 radical (unpaired) electrons. The van der Waals surface area contributed by atoms with E-state index in [-0.39, 0.29) is 17.5 Å². The Morgan fingerprint density at radius 2 is 2.18 bits per heavy atom. The zero-order valence-electron chi connectivity index (χ0n) is 9.22. The van der Waals surface area contributed by atoms with Crippen molar-refractivity contribution in [3.05, 3.63) is 35.1 Å². The van der Waals surface area contributed by atoms with Crippen LogP contribution in [0.1, 0.15) is 35.4 Å². The molecule has 2 unspecified atom stereocenters. The summed E-state index contributed by atoms with van der Waals surface area (Å²) in [5, 5.41) is 27.4. The number of aliphatic hydroxyl groups is 2. The van der Waals surface area contributed by atoms with Crippen molar-refractivity contribution < 1.29 is 19.4 Å². The van der Waals surface area contributed by atoms with Gasteiger partial charge in [0.1, 0.15) is 11.9 Å². The number of benzene rings is 1. The predicted octanol–water partition coefficient (Wildman–Crippen LogP) is 1.34. The van der Waals surface area contributed by atoms with Gasteiger partial charge in [-0.15, -0.1) is 0 Å². The molecule has 0 bridgehead atoms. The standard InChI is InChI=1S/C12H12FNO3/c1-7(15)8-3-2-4-9(11(8)13)12(17)10(16)5-6-14/h2-4,10,12,16-17H,5H2,1H3. The minimum Gasteiger partial charge on any atom is -0.389 e. The molecule has 4 nitrogen and oxygen atoms in total. The van der Waals surface area contributed by atoms with Crippen molar-refractivity contribution in [1.82, 2.24) is 0 Å². The van der Waals surface area contributed by atoms with E-state index in [2.05, 4.69) is 0 Å². The number of halogens is 1. The molecule has 0 fully saturated rings. The molecule has 1 aromatic carbocycles. The average molecular weight is 237 g/mol. The zero-order chi connectivity index (χ0) is 13.0. The Labute approximate surface area is 97.9 Å². The van der Waals surface area contributed by atoms with E-state index in [0.29, 0.717) is 0 Å².